The third-order valence-corrected chi connectivity index (χ3v) is 2.26. The quantitative estimate of drug-likeness (QED) is 0.676. The molecule has 62 valence electrons. The smallest absolute Gasteiger partial charge is 0.177 e. The summed E-state index contributed by atoms with van der Waals surface area (Å²) in [7, 11) is 0. The molecule has 0 aliphatic rings. The van der Waals surface area contributed by atoms with E-state index in [0.29, 0.717) is 0 Å². The lowest BCUT2D eigenvalue weighted by Gasteiger charge is -2.01. The Labute approximate surface area is 72.3 Å². The van der Waals surface area contributed by atoms with Crippen molar-refractivity contribution in [2.75, 3.05) is 0 Å². The van der Waals surface area contributed by atoms with Crippen LogP contribution < -0.4 is 0 Å². The van der Waals surface area contributed by atoms with Gasteiger partial charge in [-0.25, -0.2) is 0 Å². The third kappa shape index (κ3) is 1.53. The fourth-order valence-electron chi connectivity index (χ4n) is 1.17. The van der Waals surface area contributed by atoms with Crippen LogP contribution in [0.2, 0.25) is 0 Å². The van der Waals surface area contributed by atoms with Crippen molar-refractivity contribution >= 4 is 12.2 Å². The second kappa shape index (κ2) is 3.22. The lowest BCUT2D eigenvalue weighted by Crippen LogP contribution is -1.98. The minimum atomic E-state index is 0.849. The molecule has 0 fully saturated rings. The van der Waals surface area contributed by atoms with Gasteiger partial charge in [0.1, 0.15) is 0 Å². The number of hydrogen-bond donors (Lipinski definition) is 1. The van der Waals surface area contributed by atoms with Crippen LogP contribution in [0, 0.1) is 18.6 Å². The first-order valence-electron chi connectivity index (χ1n) is 3.92. The van der Waals surface area contributed by atoms with Gasteiger partial charge in [-0.3, -0.25) is 0 Å². The maximum Gasteiger partial charge on any atom is 0.177 e. The van der Waals surface area contributed by atoms with E-state index in [1.165, 1.54) is 11.4 Å². The normalized spacial score (nSPS) is 10.5. The van der Waals surface area contributed by atoms with Crippen molar-refractivity contribution < 1.29 is 0 Å². The van der Waals surface area contributed by atoms with Crippen LogP contribution >= 0.6 is 12.2 Å². The number of imidazole rings is 1. The van der Waals surface area contributed by atoms with Crippen molar-refractivity contribution in [1.29, 1.82) is 0 Å². The first-order valence-corrected chi connectivity index (χ1v) is 4.33. The lowest BCUT2D eigenvalue weighted by atomic mass is 10.3. The van der Waals surface area contributed by atoms with E-state index in [4.69, 9.17) is 12.2 Å². The van der Waals surface area contributed by atoms with Gasteiger partial charge in [-0.2, -0.15) is 0 Å². The fourth-order valence-corrected chi connectivity index (χ4v) is 1.55. The molecule has 0 radical (unpaired) electrons. The van der Waals surface area contributed by atoms with E-state index in [1.807, 2.05) is 0 Å². The number of aromatic nitrogens is 2. The lowest BCUT2D eigenvalue weighted by molar-refractivity contribution is 0.653. The Kier molecular flexibility index (Phi) is 2.49. The van der Waals surface area contributed by atoms with Crippen LogP contribution in [0.1, 0.15) is 24.7 Å². The molecule has 1 N–H and O–H groups in total. The fraction of sp³-hybridized carbons (Fsp3) is 0.625. The van der Waals surface area contributed by atoms with Gasteiger partial charge in [0, 0.05) is 17.9 Å². The summed E-state index contributed by atoms with van der Waals surface area (Å²) in [5.41, 5.74) is 2.44. The number of nitrogens with one attached hydrogen (secondary N) is 1. The maximum absolute atomic E-state index is 5.13. The van der Waals surface area contributed by atoms with Crippen molar-refractivity contribution in [2.24, 2.45) is 0 Å². The van der Waals surface area contributed by atoms with E-state index >= 15 is 0 Å². The monoisotopic (exact) mass is 170 g/mol. The minimum Gasteiger partial charge on any atom is -0.335 e. The highest BCUT2D eigenvalue weighted by atomic mass is 32.1. The van der Waals surface area contributed by atoms with Crippen LogP contribution in [0.5, 0.6) is 0 Å². The molecular formula is C8H14N2S. The molecule has 1 rings (SSSR count). The Morgan fingerprint density at radius 3 is 2.45 bits per heavy atom. The molecule has 3 heteroatoms. The van der Waals surface area contributed by atoms with Crippen LogP contribution in [0.15, 0.2) is 0 Å². The number of rotatable bonds is 2. The van der Waals surface area contributed by atoms with Gasteiger partial charge in [-0.1, -0.05) is 6.92 Å². The number of aromatic amines is 1. The summed E-state index contributed by atoms with van der Waals surface area (Å²) < 4.78 is 2.99. The second-order valence-corrected chi connectivity index (χ2v) is 3.18. The van der Waals surface area contributed by atoms with Gasteiger partial charge in [0.2, 0.25) is 0 Å². The number of nitrogens with zero attached hydrogens (tertiary/aromatic N) is 1. The van der Waals surface area contributed by atoms with Crippen molar-refractivity contribution in [3.8, 4) is 0 Å². The Morgan fingerprint density at radius 1 is 1.45 bits per heavy atom. The van der Waals surface area contributed by atoms with Gasteiger partial charge in [0.15, 0.2) is 4.77 Å². The zero-order chi connectivity index (χ0) is 8.43. The van der Waals surface area contributed by atoms with Crippen molar-refractivity contribution in [2.45, 2.75) is 33.7 Å². The molecule has 0 amide bonds. The Hall–Kier alpha value is -0.570. The van der Waals surface area contributed by atoms with E-state index in [0.717, 1.165) is 17.7 Å². The average Bonchev–Trinajstić information content (AvgIpc) is 2.17. The Bertz CT molecular complexity index is 296. The molecule has 0 unspecified atom stereocenters. The number of aryl methyl sites for hydroxylation is 1. The molecule has 0 spiro atoms. The molecule has 0 saturated heterocycles. The van der Waals surface area contributed by atoms with Gasteiger partial charge in [0.05, 0.1) is 0 Å². The summed E-state index contributed by atoms with van der Waals surface area (Å²) >= 11 is 5.13. The van der Waals surface area contributed by atoms with Crippen LogP contribution in [-0.4, -0.2) is 9.55 Å². The summed E-state index contributed by atoms with van der Waals surface area (Å²) in [6.45, 7) is 7.33. The van der Waals surface area contributed by atoms with E-state index in [2.05, 4.69) is 30.3 Å². The Morgan fingerprint density at radius 2 is 2.09 bits per heavy atom. The second-order valence-electron chi connectivity index (χ2n) is 2.79. The molecule has 1 heterocycles. The summed E-state index contributed by atoms with van der Waals surface area (Å²) in [6.07, 6.45) is 1.13. The van der Waals surface area contributed by atoms with E-state index < -0.39 is 0 Å². The predicted molar refractivity (Wildman–Crippen MR) is 49.4 cm³/mol. The molecule has 0 aliphatic heterocycles. The van der Waals surface area contributed by atoms with Gasteiger partial charge in [0.25, 0.3) is 0 Å². The van der Waals surface area contributed by atoms with Gasteiger partial charge >= 0.3 is 0 Å². The van der Waals surface area contributed by atoms with E-state index in [9.17, 15) is 0 Å². The van der Waals surface area contributed by atoms with Gasteiger partial charge in [-0.05, 0) is 32.5 Å². The van der Waals surface area contributed by atoms with Crippen LogP contribution in [0.25, 0.3) is 0 Å². The summed E-state index contributed by atoms with van der Waals surface area (Å²) in [4.78, 5) is 3.14. The van der Waals surface area contributed by atoms with Gasteiger partial charge < -0.3 is 9.55 Å². The average molecular weight is 170 g/mol. The van der Waals surface area contributed by atoms with E-state index in [1.54, 1.807) is 0 Å². The van der Waals surface area contributed by atoms with E-state index in [-0.39, 0.29) is 0 Å². The Balaban J connectivity index is 3.12. The van der Waals surface area contributed by atoms with Gasteiger partial charge in [-0.15, -0.1) is 0 Å². The van der Waals surface area contributed by atoms with Crippen LogP contribution in [0.4, 0.5) is 0 Å². The largest absolute Gasteiger partial charge is 0.335 e. The highest BCUT2D eigenvalue weighted by Gasteiger charge is 2.01. The molecule has 0 atom stereocenters. The molecule has 0 bridgehead atoms. The standard InChI is InChI=1S/C8H14N2S/c1-4-5-10-7(3)6(2)9-8(10)11/h4-5H2,1-3H3,(H,9,11). The molecule has 0 aromatic carbocycles. The molecule has 1 aromatic rings. The molecular weight excluding hydrogens is 156 g/mol. The SMILES string of the molecule is CCCn1c(C)c(C)[nH]c1=S. The first-order chi connectivity index (χ1) is 5.16. The van der Waals surface area contributed by atoms with Crippen molar-refractivity contribution in [3.63, 3.8) is 0 Å². The molecule has 1 aromatic heterocycles. The molecule has 0 aliphatic carbocycles. The van der Waals surface area contributed by atoms with Crippen molar-refractivity contribution in [1.82, 2.24) is 9.55 Å². The van der Waals surface area contributed by atoms with Crippen molar-refractivity contribution in [3.05, 3.63) is 16.2 Å². The molecule has 0 saturated carbocycles. The molecule has 11 heavy (non-hydrogen) atoms. The highest BCUT2D eigenvalue weighted by molar-refractivity contribution is 7.71. The summed E-state index contributed by atoms with van der Waals surface area (Å²) in [5.74, 6) is 0. The highest BCUT2D eigenvalue weighted by Crippen LogP contribution is 2.06. The summed E-state index contributed by atoms with van der Waals surface area (Å²) in [6, 6.07) is 0. The maximum atomic E-state index is 5.13. The van der Waals surface area contributed by atoms with Crippen LogP contribution in [0.3, 0.4) is 0 Å². The number of hydrogen-bond acceptors (Lipinski definition) is 1. The predicted octanol–water partition coefficient (Wildman–Crippen LogP) is 2.57. The van der Waals surface area contributed by atoms with Crippen LogP contribution in [-0.2, 0) is 6.54 Å². The zero-order valence-corrected chi connectivity index (χ0v) is 8.09. The summed E-state index contributed by atoms with van der Waals surface area (Å²) in [5, 5.41) is 0. The third-order valence-electron chi connectivity index (χ3n) is 1.93. The topological polar surface area (TPSA) is 20.7 Å². The zero-order valence-electron chi connectivity index (χ0n) is 7.27. The molecule has 2 nitrogen and oxygen atoms in total. The first kappa shape index (κ1) is 8.53. The number of H-pyrrole nitrogens is 1. The minimum absolute atomic E-state index is 0.849.